The van der Waals surface area contributed by atoms with Crippen LogP contribution < -0.4 is 10.2 Å². The van der Waals surface area contributed by atoms with E-state index in [4.69, 9.17) is 4.52 Å². The number of benzene rings is 2. The minimum atomic E-state index is -5.03. The molecule has 3 aromatic rings. The number of alkyl halides is 9. The summed E-state index contributed by atoms with van der Waals surface area (Å²) in [5.41, 5.74) is -3.17. The lowest BCUT2D eigenvalue weighted by Crippen LogP contribution is -2.29. The van der Waals surface area contributed by atoms with Gasteiger partial charge in [-0.15, -0.1) is 0 Å². The third-order valence-corrected chi connectivity index (χ3v) is 6.31. The van der Waals surface area contributed by atoms with Gasteiger partial charge in [-0.2, -0.15) is 39.5 Å². The van der Waals surface area contributed by atoms with E-state index in [1.165, 1.54) is 24.0 Å². The van der Waals surface area contributed by atoms with Gasteiger partial charge in [0.2, 0.25) is 5.88 Å². The first kappa shape index (κ1) is 27.6. The molecule has 4 rings (SSSR count). The van der Waals surface area contributed by atoms with E-state index in [0.29, 0.717) is 42.8 Å². The molecule has 0 bridgehead atoms. The maximum atomic E-state index is 13.6. The van der Waals surface area contributed by atoms with Gasteiger partial charge in [0.05, 0.1) is 28.4 Å². The van der Waals surface area contributed by atoms with Crippen molar-refractivity contribution in [1.29, 1.82) is 0 Å². The van der Waals surface area contributed by atoms with E-state index in [2.05, 4.69) is 10.5 Å². The Hall–Kier alpha value is -3.38. The van der Waals surface area contributed by atoms with Crippen molar-refractivity contribution in [3.63, 3.8) is 0 Å². The minimum Gasteiger partial charge on any atom is -0.385 e. The van der Waals surface area contributed by atoms with Crippen LogP contribution in [0.5, 0.6) is 0 Å². The molecule has 0 unspecified atom stereocenters. The molecule has 1 aliphatic rings. The monoisotopic (exact) mass is 551 g/mol. The molecule has 1 aliphatic heterocycles. The fraction of sp³-hybridized carbons (Fsp3) is 0.400. The van der Waals surface area contributed by atoms with Crippen LogP contribution in [0.4, 0.5) is 51.1 Å². The summed E-state index contributed by atoms with van der Waals surface area (Å²) >= 11 is 0. The van der Waals surface area contributed by atoms with Crippen molar-refractivity contribution in [1.82, 2.24) is 5.16 Å². The normalized spacial score (nSPS) is 16.6. The zero-order chi connectivity index (χ0) is 28.0. The van der Waals surface area contributed by atoms with Gasteiger partial charge in [0.25, 0.3) is 0 Å². The molecule has 4 nitrogen and oxygen atoms in total. The third kappa shape index (κ3) is 5.86. The highest BCUT2D eigenvalue weighted by atomic mass is 19.4. The molecule has 2 heterocycles. The lowest BCUT2D eigenvalue weighted by molar-refractivity contribution is -0.143. The molecule has 0 saturated carbocycles. The van der Waals surface area contributed by atoms with Gasteiger partial charge in [-0.25, -0.2) is 0 Å². The number of hydrogen-bond acceptors (Lipinski definition) is 4. The Bertz CT molecular complexity index is 1280. The minimum absolute atomic E-state index is 0.0410. The van der Waals surface area contributed by atoms with Crippen molar-refractivity contribution < 1.29 is 44.0 Å². The number of fused-ring (bicyclic) bond motifs is 1. The van der Waals surface area contributed by atoms with Gasteiger partial charge in [0.15, 0.2) is 0 Å². The van der Waals surface area contributed by atoms with Crippen LogP contribution in [0.2, 0.25) is 0 Å². The molecule has 0 radical (unpaired) electrons. The number of hydrogen-bond donors (Lipinski definition) is 1. The fourth-order valence-electron chi connectivity index (χ4n) is 4.60. The molecular formula is C25H22F9N3O. The van der Waals surface area contributed by atoms with Gasteiger partial charge in [0.1, 0.15) is 0 Å². The Kier molecular flexibility index (Phi) is 7.08. The van der Waals surface area contributed by atoms with E-state index in [0.717, 1.165) is 6.07 Å². The molecule has 0 aliphatic carbocycles. The highest BCUT2D eigenvalue weighted by Crippen LogP contribution is 2.43. The average molecular weight is 551 g/mol. The fourth-order valence-corrected chi connectivity index (χ4v) is 4.60. The van der Waals surface area contributed by atoms with E-state index in [1.807, 2.05) is 0 Å². The van der Waals surface area contributed by atoms with Gasteiger partial charge >= 0.3 is 18.5 Å². The maximum Gasteiger partial charge on any atom is 0.416 e. The second-order valence-corrected chi connectivity index (χ2v) is 9.19. The first-order chi connectivity index (χ1) is 17.5. The molecule has 0 amide bonds. The molecule has 1 aromatic heterocycles. The Morgan fingerprint density at radius 1 is 0.868 bits per heavy atom. The van der Waals surface area contributed by atoms with Crippen molar-refractivity contribution in [2.24, 2.45) is 0 Å². The molecule has 0 spiro atoms. The van der Waals surface area contributed by atoms with Crippen LogP contribution >= 0.6 is 0 Å². The number of anilines is 2. The van der Waals surface area contributed by atoms with Crippen LogP contribution in [0.15, 0.2) is 40.9 Å². The van der Waals surface area contributed by atoms with Gasteiger partial charge in [0, 0.05) is 24.8 Å². The number of rotatable bonds is 4. The van der Waals surface area contributed by atoms with Crippen molar-refractivity contribution in [3.8, 4) is 0 Å². The van der Waals surface area contributed by atoms with Crippen molar-refractivity contribution in [3.05, 3.63) is 75.5 Å². The highest BCUT2D eigenvalue weighted by Gasteiger charge is 2.38. The van der Waals surface area contributed by atoms with Crippen LogP contribution in [-0.4, -0.2) is 11.7 Å². The van der Waals surface area contributed by atoms with Crippen LogP contribution in [0, 0.1) is 13.8 Å². The molecule has 38 heavy (non-hydrogen) atoms. The molecule has 206 valence electrons. The predicted molar refractivity (Wildman–Crippen MR) is 121 cm³/mol. The largest absolute Gasteiger partial charge is 0.416 e. The standard InChI is InChI=1S/C25H22F9N3O/c1-13-6-18-20(11-19(13)25(32,33)34)35-5-3-4-21(18)37(22-7-14(2)36-38-22)12-15-8-16(23(26,27)28)10-17(9-15)24(29,30)31/h6-11,21,35H,3-5,12H2,1-2H3/t21-/m0/s1. The molecule has 0 fully saturated rings. The van der Waals surface area contributed by atoms with Crippen molar-refractivity contribution >= 4 is 11.6 Å². The summed E-state index contributed by atoms with van der Waals surface area (Å²) in [6, 6.07) is 4.33. The Balaban J connectivity index is 1.86. The maximum absolute atomic E-state index is 13.6. The van der Waals surface area contributed by atoms with Crippen LogP contribution in [-0.2, 0) is 25.1 Å². The summed E-state index contributed by atoms with van der Waals surface area (Å²) in [5.74, 6) is 0.0591. The second kappa shape index (κ2) is 9.73. The molecular weight excluding hydrogens is 529 g/mol. The number of halogens is 9. The molecule has 1 N–H and O–H groups in total. The van der Waals surface area contributed by atoms with Crippen molar-refractivity contribution in [2.45, 2.75) is 57.8 Å². The zero-order valence-electron chi connectivity index (χ0n) is 20.1. The number of nitrogens with one attached hydrogen (secondary N) is 1. The smallest absolute Gasteiger partial charge is 0.385 e. The SMILES string of the molecule is Cc1cc(N(Cc2cc(C(F)(F)F)cc(C(F)(F)F)c2)[C@H]2CCCNc3cc(C(F)(F)F)c(C)cc32)on1. The topological polar surface area (TPSA) is 41.3 Å². The summed E-state index contributed by atoms with van der Waals surface area (Å²) in [5, 5.41) is 6.75. The highest BCUT2D eigenvalue weighted by molar-refractivity contribution is 5.60. The van der Waals surface area contributed by atoms with Gasteiger partial charge in [-0.3, -0.25) is 0 Å². The van der Waals surface area contributed by atoms with Crippen molar-refractivity contribution in [2.75, 3.05) is 16.8 Å². The third-order valence-electron chi connectivity index (χ3n) is 6.31. The van der Waals surface area contributed by atoms with E-state index in [-0.39, 0.29) is 28.8 Å². The Morgan fingerprint density at radius 2 is 1.50 bits per heavy atom. The van der Waals surface area contributed by atoms with E-state index in [9.17, 15) is 39.5 Å². The first-order valence-electron chi connectivity index (χ1n) is 11.5. The number of aromatic nitrogens is 1. The molecule has 13 heteroatoms. The Labute approximate surface area is 211 Å². The Morgan fingerprint density at radius 3 is 2.03 bits per heavy atom. The van der Waals surface area contributed by atoms with Crippen LogP contribution in [0.1, 0.15) is 58.0 Å². The average Bonchev–Trinajstić information content (AvgIpc) is 3.11. The number of aryl methyl sites for hydroxylation is 2. The second-order valence-electron chi connectivity index (χ2n) is 9.19. The zero-order valence-corrected chi connectivity index (χ0v) is 20.1. The van der Waals surface area contributed by atoms with Crippen LogP contribution in [0.25, 0.3) is 0 Å². The summed E-state index contributed by atoms with van der Waals surface area (Å²) in [4.78, 5) is 1.44. The molecule has 0 saturated heterocycles. The summed E-state index contributed by atoms with van der Waals surface area (Å²) in [6.45, 7) is 2.73. The number of nitrogens with zero attached hydrogens (tertiary/aromatic N) is 2. The van der Waals surface area contributed by atoms with Gasteiger partial charge in [-0.1, -0.05) is 11.2 Å². The summed E-state index contributed by atoms with van der Waals surface area (Å²) in [7, 11) is 0. The van der Waals surface area contributed by atoms with Gasteiger partial charge in [-0.05, 0) is 67.6 Å². The van der Waals surface area contributed by atoms with E-state index < -0.39 is 47.8 Å². The van der Waals surface area contributed by atoms with E-state index in [1.54, 1.807) is 6.92 Å². The quantitative estimate of drug-likeness (QED) is 0.331. The predicted octanol–water partition coefficient (Wildman–Crippen LogP) is 8.30. The molecule has 1 atom stereocenters. The van der Waals surface area contributed by atoms with Gasteiger partial charge < -0.3 is 14.7 Å². The summed E-state index contributed by atoms with van der Waals surface area (Å²) in [6.07, 6.45) is -13.9. The lowest BCUT2D eigenvalue weighted by Gasteiger charge is -2.32. The van der Waals surface area contributed by atoms with E-state index >= 15 is 0 Å². The summed E-state index contributed by atoms with van der Waals surface area (Å²) < 4.78 is 127. The lowest BCUT2D eigenvalue weighted by atomic mass is 9.94. The van der Waals surface area contributed by atoms with Crippen LogP contribution in [0.3, 0.4) is 0 Å². The molecule has 2 aromatic carbocycles. The first-order valence-corrected chi connectivity index (χ1v) is 11.5.